The van der Waals surface area contributed by atoms with Gasteiger partial charge in [-0.1, -0.05) is 27.7 Å². The molecular weight excluding hydrogens is 186 g/mol. The smallest absolute Gasteiger partial charge is 0.129 e. The van der Waals surface area contributed by atoms with Gasteiger partial charge in [0.2, 0.25) is 0 Å². The summed E-state index contributed by atoms with van der Waals surface area (Å²) in [6, 6.07) is 1.97. The highest BCUT2D eigenvalue weighted by atomic mass is 15.0. The van der Waals surface area contributed by atoms with Gasteiger partial charge in [-0.3, -0.25) is 0 Å². The minimum absolute atomic E-state index is 0.328. The third-order valence-corrected chi connectivity index (χ3v) is 2.87. The second-order valence-corrected chi connectivity index (χ2v) is 5.19. The van der Waals surface area contributed by atoms with Crippen LogP contribution < -0.4 is 5.32 Å². The van der Waals surface area contributed by atoms with E-state index in [9.17, 15) is 0 Å². The van der Waals surface area contributed by atoms with Crippen molar-refractivity contribution in [2.45, 2.75) is 34.6 Å². The number of nitrogens with one attached hydrogen (secondary N) is 1. The molecule has 1 N–H and O–H groups in total. The normalized spacial score (nSPS) is 13.7. The van der Waals surface area contributed by atoms with Crippen LogP contribution in [-0.4, -0.2) is 16.5 Å². The van der Waals surface area contributed by atoms with E-state index in [2.05, 4.69) is 43.0 Å². The standard InChI is InChI=1S/C12H21N3/c1-9(12(3,4)5)7-13-11-6-10(2)14-8-15-11/h6,8-9H,7H2,1-5H3,(H,13,14,15). The Balaban J connectivity index is 2.51. The number of hydrogen-bond donors (Lipinski definition) is 1. The van der Waals surface area contributed by atoms with Crippen molar-refractivity contribution in [2.75, 3.05) is 11.9 Å². The van der Waals surface area contributed by atoms with Crippen LogP contribution in [0.3, 0.4) is 0 Å². The minimum atomic E-state index is 0.328. The quantitative estimate of drug-likeness (QED) is 0.828. The van der Waals surface area contributed by atoms with Crippen LogP contribution in [0, 0.1) is 18.3 Å². The number of aryl methyl sites for hydroxylation is 1. The summed E-state index contributed by atoms with van der Waals surface area (Å²) in [5.74, 6) is 1.52. The van der Waals surface area contributed by atoms with Crippen LogP contribution in [0.5, 0.6) is 0 Å². The fraction of sp³-hybridized carbons (Fsp3) is 0.667. The summed E-state index contributed by atoms with van der Waals surface area (Å²) in [4.78, 5) is 8.24. The van der Waals surface area contributed by atoms with Gasteiger partial charge in [-0.25, -0.2) is 9.97 Å². The van der Waals surface area contributed by atoms with Crippen LogP contribution in [0.1, 0.15) is 33.4 Å². The molecule has 1 rings (SSSR count). The van der Waals surface area contributed by atoms with Gasteiger partial charge in [-0.15, -0.1) is 0 Å². The Morgan fingerprint density at radius 1 is 1.33 bits per heavy atom. The molecule has 0 aromatic carbocycles. The van der Waals surface area contributed by atoms with Gasteiger partial charge in [0.15, 0.2) is 0 Å². The Morgan fingerprint density at radius 3 is 2.53 bits per heavy atom. The van der Waals surface area contributed by atoms with Crippen molar-refractivity contribution in [3.63, 3.8) is 0 Å². The first-order chi connectivity index (χ1) is 6.89. The zero-order valence-electron chi connectivity index (χ0n) is 10.3. The summed E-state index contributed by atoms with van der Waals surface area (Å²) in [6.07, 6.45) is 1.60. The summed E-state index contributed by atoms with van der Waals surface area (Å²) >= 11 is 0. The maximum absolute atomic E-state index is 4.17. The molecule has 1 heterocycles. The van der Waals surface area contributed by atoms with Crippen molar-refractivity contribution in [1.29, 1.82) is 0 Å². The van der Waals surface area contributed by atoms with Crippen molar-refractivity contribution >= 4 is 5.82 Å². The van der Waals surface area contributed by atoms with E-state index in [0.717, 1.165) is 18.1 Å². The van der Waals surface area contributed by atoms with E-state index in [1.54, 1.807) is 6.33 Å². The van der Waals surface area contributed by atoms with Crippen LogP contribution in [0.15, 0.2) is 12.4 Å². The fourth-order valence-corrected chi connectivity index (χ4v) is 1.12. The van der Waals surface area contributed by atoms with Crippen LogP contribution in [0.25, 0.3) is 0 Å². The van der Waals surface area contributed by atoms with Crippen molar-refractivity contribution in [3.05, 3.63) is 18.1 Å². The molecule has 3 nitrogen and oxygen atoms in total. The fourth-order valence-electron chi connectivity index (χ4n) is 1.12. The molecule has 0 saturated carbocycles. The molecule has 0 saturated heterocycles. The topological polar surface area (TPSA) is 37.8 Å². The summed E-state index contributed by atoms with van der Waals surface area (Å²) < 4.78 is 0. The lowest BCUT2D eigenvalue weighted by Gasteiger charge is -2.27. The molecule has 1 atom stereocenters. The predicted molar refractivity (Wildman–Crippen MR) is 63.9 cm³/mol. The third kappa shape index (κ3) is 3.86. The number of aromatic nitrogens is 2. The van der Waals surface area contributed by atoms with E-state index in [1.165, 1.54) is 0 Å². The number of rotatable bonds is 3. The van der Waals surface area contributed by atoms with Gasteiger partial charge in [0, 0.05) is 18.3 Å². The number of hydrogen-bond acceptors (Lipinski definition) is 3. The minimum Gasteiger partial charge on any atom is -0.370 e. The lowest BCUT2D eigenvalue weighted by Crippen LogP contribution is -2.25. The van der Waals surface area contributed by atoms with Crippen LogP contribution in [-0.2, 0) is 0 Å². The molecule has 15 heavy (non-hydrogen) atoms. The van der Waals surface area contributed by atoms with Gasteiger partial charge in [0.25, 0.3) is 0 Å². The maximum atomic E-state index is 4.17. The number of nitrogens with zero attached hydrogens (tertiary/aromatic N) is 2. The molecule has 1 aromatic heterocycles. The Labute approximate surface area is 92.3 Å². The molecule has 0 aliphatic heterocycles. The molecule has 0 radical (unpaired) electrons. The predicted octanol–water partition coefficient (Wildman–Crippen LogP) is 2.88. The first-order valence-electron chi connectivity index (χ1n) is 5.42. The van der Waals surface area contributed by atoms with E-state index in [-0.39, 0.29) is 0 Å². The SMILES string of the molecule is Cc1cc(NCC(C)C(C)(C)C)ncn1. The van der Waals surface area contributed by atoms with E-state index in [1.807, 2.05) is 13.0 Å². The average molecular weight is 207 g/mol. The molecular formula is C12H21N3. The van der Waals surface area contributed by atoms with Gasteiger partial charge in [-0.2, -0.15) is 0 Å². The van der Waals surface area contributed by atoms with Gasteiger partial charge >= 0.3 is 0 Å². The van der Waals surface area contributed by atoms with Gasteiger partial charge < -0.3 is 5.32 Å². The lowest BCUT2D eigenvalue weighted by molar-refractivity contribution is 0.274. The Bertz CT molecular complexity index is 315. The molecule has 0 amide bonds. The Hall–Kier alpha value is -1.12. The van der Waals surface area contributed by atoms with E-state index in [0.29, 0.717) is 11.3 Å². The second-order valence-electron chi connectivity index (χ2n) is 5.19. The van der Waals surface area contributed by atoms with Gasteiger partial charge in [0.05, 0.1) is 0 Å². The van der Waals surface area contributed by atoms with Crippen LogP contribution in [0.2, 0.25) is 0 Å². The largest absolute Gasteiger partial charge is 0.370 e. The summed E-state index contributed by atoms with van der Waals surface area (Å²) in [7, 11) is 0. The maximum Gasteiger partial charge on any atom is 0.129 e. The monoisotopic (exact) mass is 207 g/mol. The first-order valence-corrected chi connectivity index (χ1v) is 5.42. The molecule has 0 aliphatic carbocycles. The Morgan fingerprint density at radius 2 is 2.00 bits per heavy atom. The van der Waals surface area contributed by atoms with Crippen LogP contribution in [0.4, 0.5) is 5.82 Å². The highest BCUT2D eigenvalue weighted by molar-refractivity contribution is 5.34. The highest BCUT2D eigenvalue weighted by Crippen LogP contribution is 2.25. The molecule has 0 aliphatic rings. The second kappa shape index (κ2) is 4.60. The van der Waals surface area contributed by atoms with Gasteiger partial charge in [0.1, 0.15) is 12.1 Å². The summed E-state index contributed by atoms with van der Waals surface area (Å²) in [6.45, 7) is 11.9. The average Bonchev–Trinajstić information content (AvgIpc) is 2.12. The summed E-state index contributed by atoms with van der Waals surface area (Å²) in [5, 5.41) is 3.34. The molecule has 0 fully saturated rings. The van der Waals surface area contributed by atoms with Crippen LogP contribution >= 0.6 is 0 Å². The van der Waals surface area contributed by atoms with E-state index >= 15 is 0 Å². The molecule has 84 valence electrons. The van der Waals surface area contributed by atoms with E-state index < -0.39 is 0 Å². The zero-order valence-corrected chi connectivity index (χ0v) is 10.3. The highest BCUT2D eigenvalue weighted by Gasteiger charge is 2.19. The Kier molecular flexibility index (Phi) is 3.66. The first kappa shape index (κ1) is 12.0. The number of anilines is 1. The van der Waals surface area contributed by atoms with Crippen molar-refractivity contribution in [2.24, 2.45) is 11.3 Å². The van der Waals surface area contributed by atoms with E-state index in [4.69, 9.17) is 0 Å². The molecule has 0 bridgehead atoms. The third-order valence-electron chi connectivity index (χ3n) is 2.87. The molecule has 0 spiro atoms. The van der Waals surface area contributed by atoms with Crippen molar-refractivity contribution in [1.82, 2.24) is 9.97 Å². The van der Waals surface area contributed by atoms with Crippen molar-refractivity contribution < 1.29 is 0 Å². The van der Waals surface area contributed by atoms with Gasteiger partial charge in [-0.05, 0) is 18.3 Å². The summed E-state index contributed by atoms with van der Waals surface area (Å²) in [5.41, 5.74) is 1.32. The lowest BCUT2D eigenvalue weighted by atomic mass is 9.82. The molecule has 1 unspecified atom stereocenters. The molecule has 1 aromatic rings. The molecule has 3 heteroatoms. The zero-order chi connectivity index (χ0) is 11.5. The van der Waals surface area contributed by atoms with Crippen molar-refractivity contribution in [3.8, 4) is 0 Å².